The molecule has 1 aliphatic carbocycles. The number of fused-ring (bicyclic) bond motifs is 1. The molecule has 2 aliphatic heterocycles. The highest BCUT2D eigenvalue weighted by atomic mass is 16.7. The van der Waals surface area contributed by atoms with E-state index in [4.69, 9.17) is 18.9 Å². The second kappa shape index (κ2) is 7.13. The van der Waals surface area contributed by atoms with Gasteiger partial charge in [0, 0.05) is 31.1 Å². The molecule has 140 valence electrons. The Labute approximate surface area is 151 Å². The molecule has 0 bridgehead atoms. The lowest BCUT2D eigenvalue weighted by Gasteiger charge is -2.31. The van der Waals surface area contributed by atoms with Crippen molar-refractivity contribution in [1.29, 1.82) is 0 Å². The van der Waals surface area contributed by atoms with Crippen molar-refractivity contribution >= 4 is 17.5 Å². The molecule has 3 aliphatic rings. The molecule has 1 aromatic rings. The van der Waals surface area contributed by atoms with Gasteiger partial charge >= 0.3 is 11.8 Å². The molecule has 4 rings (SSSR count). The molecule has 1 atom stereocenters. The molecule has 26 heavy (non-hydrogen) atoms. The van der Waals surface area contributed by atoms with Crippen molar-refractivity contribution < 1.29 is 28.5 Å². The third kappa shape index (κ3) is 3.61. The highest BCUT2D eigenvalue weighted by Crippen LogP contribution is 2.37. The number of amides is 2. The molecule has 2 heterocycles. The first-order valence-corrected chi connectivity index (χ1v) is 8.94. The number of anilines is 1. The van der Waals surface area contributed by atoms with Crippen molar-refractivity contribution in [2.24, 2.45) is 0 Å². The summed E-state index contributed by atoms with van der Waals surface area (Å²) in [4.78, 5) is 24.1. The summed E-state index contributed by atoms with van der Waals surface area (Å²) >= 11 is 0. The number of hydrogen-bond donors (Lipinski definition) is 2. The maximum Gasteiger partial charge on any atom is 0.313 e. The van der Waals surface area contributed by atoms with Crippen LogP contribution < -0.4 is 20.1 Å². The zero-order valence-corrected chi connectivity index (χ0v) is 14.4. The summed E-state index contributed by atoms with van der Waals surface area (Å²) in [6.45, 7) is 0.831. The predicted molar refractivity (Wildman–Crippen MR) is 90.8 cm³/mol. The van der Waals surface area contributed by atoms with E-state index in [1.807, 2.05) is 0 Å². The van der Waals surface area contributed by atoms with Crippen LogP contribution in [0.25, 0.3) is 0 Å². The van der Waals surface area contributed by atoms with E-state index in [2.05, 4.69) is 10.6 Å². The average molecular weight is 362 g/mol. The molecule has 8 nitrogen and oxygen atoms in total. The summed E-state index contributed by atoms with van der Waals surface area (Å²) in [5.74, 6) is -0.784. The van der Waals surface area contributed by atoms with E-state index in [9.17, 15) is 9.59 Å². The van der Waals surface area contributed by atoms with Crippen molar-refractivity contribution in [3.8, 4) is 11.5 Å². The van der Waals surface area contributed by atoms with Crippen molar-refractivity contribution in [3.63, 3.8) is 0 Å². The Morgan fingerprint density at radius 3 is 2.73 bits per heavy atom. The topological polar surface area (TPSA) is 95.1 Å². The van der Waals surface area contributed by atoms with Gasteiger partial charge in [-0.25, -0.2) is 0 Å². The van der Waals surface area contributed by atoms with Gasteiger partial charge in [-0.05, 0) is 25.0 Å². The minimum absolute atomic E-state index is 0.151. The Bertz CT molecular complexity index is 701. The normalized spacial score (nSPS) is 23.0. The minimum Gasteiger partial charge on any atom is -0.454 e. The van der Waals surface area contributed by atoms with Crippen molar-refractivity contribution in [1.82, 2.24) is 5.32 Å². The van der Waals surface area contributed by atoms with Gasteiger partial charge in [0.15, 0.2) is 17.3 Å². The Morgan fingerprint density at radius 2 is 1.88 bits per heavy atom. The number of nitrogens with one attached hydrogen (secondary N) is 2. The number of carbonyl (C=O) groups is 2. The highest BCUT2D eigenvalue weighted by Gasteiger charge is 2.42. The molecule has 1 aromatic carbocycles. The number of hydrogen-bond acceptors (Lipinski definition) is 6. The lowest BCUT2D eigenvalue weighted by atomic mass is 9.94. The fourth-order valence-electron chi connectivity index (χ4n) is 3.52. The van der Waals surface area contributed by atoms with E-state index in [0.29, 0.717) is 23.8 Å². The maximum atomic E-state index is 12.0. The molecule has 2 fully saturated rings. The molecule has 1 saturated heterocycles. The van der Waals surface area contributed by atoms with Crippen LogP contribution in [0.3, 0.4) is 0 Å². The van der Waals surface area contributed by atoms with Gasteiger partial charge in [0.05, 0.1) is 6.61 Å². The monoisotopic (exact) mass is 362 g/mol. The third-order valence-corrected chi connectivity index (χ3v) is 4.86. The van der Waals surface area contributed by atoms with Gasteiger partial charge < -0.3 is 29.6 Å². The first kappa shape index (κ1) is 17.1. The summed E-state index contributed by atoms with van der Waals surface area (Å²) in [6.07, 6.45) is 4.95. The fraction of sp³-hybridized carbons (Fsp3) is 0.556. The van der Waals surface area contributed by atoms with Crippen LogP contribution in [0.1, 0.15) is 32.1 Å². The first-order chi connectivity index (χ1) is 12.6. The molecule has 0 aromatic heterocycles. The van der Waals surface area contributed by atoms with Gasteiger partial charge in [0.25, 0.3) is 0 Å². The van der Waals surface area contributed by atoms with E-state index in [0.717, 1.165) is 25.7 Å². The van der Waals surface area contributed by atoms with Crippen molar-refractivity contribution in [3.05, 3.63) is 18.2 Å². The largest absolute Gasteiger partial charge is 0.454 e. The van der Waals surface area contributed by atoms with Crippen LogP contribution in [-0.4, -0.2) is 43.7 Å². The molecular weight excluding hydrogens is 340 g/mol. The van der Waals surface area contributed by atoms with E-state index >= 15 is 0 Å². The Kier molecular flexibility index (Phi) is 4.69. The second-order valence-electron chi connectivity index (χ2n) is 6.75. The zero-order chi connectivity index (χ0) is 18.0. The maximum absolute atomic E-state index is 12.0. The lowest BCUT2D eigenvalue weighted by Crippen LogP contribution is -2.41. The molecule has 0 radical (unpaired) electrons. The summed E-state index contributed by atoms with van der Waals surface area (Å²) < 4.78 is 22.3. The van der Waals surface area contributed by atoms with Gasteiger partial charge in [-0.3, -0.25) is 9.59 Å². The van der Waals surface area contributed by atoms with Crippen LogP contribution in [-0.2, 0) is 19.1 Å². The standard InChI is InChI=1S/C18H22N2O6/c21-16(17(22)20-12-4-5-14-15(8-12)24-11-23-14)19-9-13-10-25-18(26-13)6-2-1-3-7-18/h4-5,8,13H,1-3,6-7,9-11H2,(H,19,21)(H,20,22). The number of rotatable bonds is 3. The Morgan fingerprint density at radius 1 is 1.08 bits per heavy atom. The van der Waals surface area contributed by atoms with E-state index in [1.54, 1.807) is 18.2 Å². The zero-order valence-electron chi connectivity index (χ0n) is 14.4. The minimum atomic E-state index is -0.741. The molecule has 2 N–H and O–H groups in total. The SMILES string of the molecule is O=C(NCC1COC2(CCCCC2)O1)C(=O)Nc1ccc2c(c1)OCO2. The van der Waals surface area contributed by atoms with Crippen LogP contribution in [0.2, 0.25) is 0 Å². The summed E-state index contributed by atoms with van der Waals surface area (Å²) in [5, 5.41) is 5.15. The Balaban J connectivity index is 1.25. The molecule has 1 spiro atoms. The number of ether oxygens (including phenoxy) is 4. The van der Waals surface area contributed by atoms with Gasteiger partial charge in [-0.1, -0.05) is 6.42 Å². The summed E-state index contributed by atoms with van der Waals surface area (Å²) in [5.41, 5.74) is 0.469. The van der Waals surface area contributed by atoms with Crippen LogP contribution in [0.5, 0.6) is 11.5 Å². The average Bonchev–Trinajstić information content (AvgIpc) is 3.27. The molecule has 1 unspecified atom stereocenters. The summed E-state index contributed by atoms with van der Waals surface area (Å²) in [6, 6.07) is 4.96. The predicted octanol–water partition coefficient (Wildman–Crippen LogP) is 1.55. The van der Waals surface area contributed by atoms with Crippen LogP contribution >= 0.6 is 0 Å². The fourth-order valence-corrected chi connectivity index (χ4v) is 3.52. The molecule has 8 heteroatoms. The van der Waals surface area contributed by atoms with Crippen LogP contribution in [0.15, 0.2) is 18.2 Å². The van der Waals surface area contributed by atoms with E-state index in [1.165, 1.54) is 6.42 Å². The molecule has 2 amide bonds. The smallest absolute Gasteiger partial charge is 0.313 e. The highest BCUT2D eigenvalue weighted by molar-refractivity contribution is 6.39. The van der Waals surface area contributed by atoms with Crippen LogP contribution in [0.4, 0.5) is 5.69 Å². The quantitative estimate of drug-likeness (QED) is 0.792. The molecule has 1 saturated carbocycles. The summed E-state index contributed by atoms with van der Waals surface area (Å²) in [7, 11) is 0. The Hall–Kier alpha value is -2.32. The number of benzene rings is 1. The van der Waals surface area contributed by atoms with Crippen molar-refractivity contribution in [2.45, 2.75) is 44.0 Å². The third-order valence-electron chi connectivity index (χ3n) is 4.86. The van der Waals surface area contributed by atoms with Crippen LogP contribution in [0, 0.1) is 0 Å². The number of carbonyl (C=O) groups excluding carboxylic acids is 2. The lowest BCUT2D eigenvalue weighted by molar-refractivity contribution is -0.186. The van der Waals surface area contributed by atoms with E-state index < -0.39 is 17.6 Å². The molecular formula is C18H22N2O6. The van der Waals surface area contributed by atoms with Gasteiger partial charge in [0.1, 0.15) is 6.10 Å². The van der Waals surface area contributed by atoms with Gasteiger partial charge in [-0.15, -0.1) is 0 Å². The first-order valence-electron chi connectivity index (χ1n) is 8.94. The second-order valence-corrected chi connectivity index (χ2v) is 6.75. The van der Waals surface area contributed by atoms with Gasteiger partial charge in [0.2, 0.25) is 6.79 Å². The van der Waals surface area contributed by atoms with Crippen molar-refractivity contribution in [2.75, 3.05) is 25.3 Å². The van der Waals surface area contributed by atoms with Gasteiger partial charge in [-0.2, -0.15) is 0 Å². The van der Waals surface area contributed by atoms with E-state index in [-0.39, 0.29) is 19.4 Å².